The van der Waals surface area contributed by atoms with Crippen LogP contribution in [0.1, 0.15) is 6.42 Å². The number of methoxy groups -OCH3 is 1. The lowest BCUT2D eigenvalue weighted by atomic mass is 10.3. The van der Waals surface area contributed by atoms with Crippen LogP contribution in [0, 0.1) is 0 Å². The standard InChI is InChI=1S/C9H15N3O3S/c1-10-7(13)5-6-8(14)12-9(16-6)11-3-4-15-2/h6H,3-5H2,1-2H3,(H,10,13)(H,11,12,14). The van der Waals surface area contributed by atoms with Gasteiger partial charge in [0.15, 0.2) is 5.17 Å². The number of carbonyl (C=O) groups is 2. The predicted octanol–water partition coefficient (Wildman–Crippen LogP) is -0.643. The van der Waals surface area contributed by atoms with Gasteiger partial charge in [-0.3, -0.25) is 14.6 Å². The number of nitrogens with one attached hydrogen (secondary N) is 2. The van der Waals surface area contributed by atoms with Gasteiger partial charge in [0.2, 0.25) is 11.8 Å². The van der Waals surface area contributed by atoms with Crippen LogP contribution in [0.2, 0.25) is 0 Å². The van der Waals surface area contributed by atoms with E-state index in [0.29, 0.717) is 18.3 Å². The van der Waals surface area contributed by atoms with Crippen molar-refractivity contribution in [2.24, 2.45) is 4.99 Å². The molecule has 1 atom stereocenters. The van der Waals surface area contributed by atoms with Gasteiger partial charge in [0, 0.05) is 20.6 Å². The molecule has 6 nitrogen and oxygen atoms in total. The van der Waals surface area contributed by atoms with Gasteiger partial charge in [-0.25, -0.2) is 0 Å². The van der Waals surface area contributed by atoms with E-state index < -0.39 is 0 Å². The number of hydrogen-bond donors (Lipinski definition) is 2. The van der Waals surface area contributed by atoms with Gasteiger partial charge in [-0.05, 0) is 0 Å². The fourth-order valence-corrected chi connectivity index (χ4v) is 2.12. The molecule has 1 aliphatic rings. The third-order valence-corrected chi connectivity index (χ3v) is 3.10. The van der Waals surface area contributed by atoms with Crippen LogP contribution in [0.25, 0.3) is 0 Å². The summed E-state index contributed by atoms with van der Waals surface area (Å²) >= 11 is 1.29. The van der Waals surface area contributed by atoms with E-state index in [1.54, 1.807) is 14.2 Å². The summed E-state index contributed by atoms with van der Waals surface area (Å²) in [4.78, 5) is 26.7. The van der Waals surface area contributed by atoms with Gasteiger partial charge in [0.25, 0.3) is 0 Å². The third-order valence-electron chi connectivity index (χ3n) is 1.98. The van der Waals surface area contributed by atoms with Crippen molar-refractivity contribution in [3.8, 4) is 0 Å². The third kappa shape index (κ3) is 3.82. The molecule has 0 spiro atoms. The molecule has 0 radical (unpaired) electrons. The van der Waals surface area contributed by atoms with Crippen molar-refractivity contribution < 1.29 is 14.3 Å². The van der Waals surface area contributed by atoms with Gasteiger partial charge in [0.05, 0.1) is 13.2 Å². The number of hydrogen-bond acceptors (Lipinski definition) is 5. The molecule has 1 saturated heterocycles. The van der Waals surface area contributed by atoms with Crippen LogP contribution in [-0.2, 0) is 14.3 Å². The van der Waals surface area contributed by atoms with Crippen LogP contribution in [0.5, 0.6) is 0 Å². The molecule has 0 bridgehead atoms. The van der Waals surface area contributed by atoms with Gasteiger partial charge in [-0.15, -0.1) is 0 Å². The lowest BCUT2D eigenvalue weighted by Crippen LogP contribution is -2.29. The summed E-state index contributed by atoms with van der Waals surface area (Å²) in [5, 5.41) is 5.31. The lowest BCUT2D eigenvalue weighted by Gasteiger charge is -2.02. The summed E-state index contributed by atoms with van der Waals surface area (Å²) in [5.74, 6) is -0.310. The topological polar surface area (TPSA) is 79.8 Å². The molecule has 1 rings (SSSR count). The van der Waals surface area contributed by atoms with Gasteiger partial charge >= 0.3 is 0 Å². The highest BCUT2D eigenvalue weighted by atomic mass is 32.2. The second-order valence-corrected chi connectivity index (χ2v) is 4.34. The fourth-order valence-electron chi connectivity index (χ4n) is 1.12. The number of amides is 2. The van der Waals surface area contributed by atoms with Crippen molar-refractivity contribution in [2.75, 3.05) is 27.3 Å². The Morgan fingerprint density at radius 1 is 1.69 bits per heavy atom. The molecule has 2 N–H and O–H groups in total. The maximum absolute atomic E-state index is 11.4. The zero-order chi connectivity index (χ0) is 12.0. The molecule has 2 amide bonds. The van der Waals surface area contributed by atoms with E-state index in [1.165, 1.54) is 11.8 Å². The summed E-state index contributed by atoms with van der Waals surface area (Å²) in [6.45, 7) is 1.02. The molecule has 0 saturated carbocycles. The first-order valence-corrected chi connectivity index (χ1v) is 5.76. The van der Waals surface area contributed by atoms with E-state index in [2.05, 4.69) is 15.6 Å². The first kappa shape index (κ1) is 13.0. The van der Waals surface area contributed by atoms with Gasteiger partial charge in [-0.1, -0.05) is 11.8 Å². The highest BCUT2D eigenvalue weighted by Crippen LogP contribution is 2.21. The second kappa shape index (κ2) is 6.49. The molecule has 1 heterocycles. The molecule has 1 aliphatic heterocycles. The van der Waals surface area contributed by atoms with Crippen LogP contribution < -0.4 is 10.6 Å². The molecule has 90 valence electrons. The Balaban J connectivity index is 2.44. The van der Waals surface area contributed by atoms with E-state index in [9.17, 15) is 9.59 Å². The molecule has 0 aromatic carbocycles. The van der Waals surface area contributed by atoms with Crippen molar-refractivity contribution in [1.29, 1.82) is 0 Å². The van der Waals surface area contributed by atoms with E-state index in [4.69, 9.17) is 4.74 Å². The quantitative estimate of drug-likeness (QED) is 0.631. The van der Waals surface area contributed by atoms with Crippen molar-refractivity contribution in [2.45, 2.75) is 11.7 Å². The molecule has 16 heavy (non-hydrogen) atoms. The Morgan fingerprint density at radius 3 is 3.06 bits per heavy atom. The molecule has 7 heteroatoms. The lowest BCUT2D eigenvalue weighted by molar-refractivity contribution is -0.124. The smallest absolute Gasteiger partial charge is 0.240 e. The fraction of sp³-hybridized carbons (Fsp3) is 0.667. The van der Waals surface area contributed by atoms with Crippen LogP contribution in [0.3, 0.4) is 0 Å². The van der Waals surface area contributed by atoms with Gasteiger partial charge in [-0.2, -0.15) is 0 Å². The Hall–Kier alpha value is -1.08. The summed E-state index contributed by atoms with van der Waals surface area (Å²) in [6.07, 6.45) is 0.177. The zero-order valence-corrected chi connectivity index (χ0v) is 10.1. The van der Waals surface area contributed by atoms with Crippen molar-refractivity contribution >= 4 is 28.7 Å². The van der Waals surface area contributed by atoms with Gasteiger partial charge in [0.1, 0.15) is 5.25 Å². The molecule has 1 unspecified atom stereocenters. The zero-order valence-electron chi connectivity index (χ0n) is 9.28. The van der Waals surface area contributed by atoms with Crippen molar-refractivity contribution in [3.63, 3.8) is 0 Å². The Bertz CT molecular complexity index is 306. The predicted molar refractivity (Wildman–Crippen MR) is 62.4 cm³/mol. The maximum Gasteiger partial charge on any atom is 0.240 e. The molecule has 0 aromatic heterocycles. The first-order valence-electron chi connectivity index (χ1n) is 4.89. The minimum Gasteiger partial charge on any atom is -0.383 e. The second-order valence-electron chi connectivity index (χ2n) is 3.15. The van der Waals surface area contributed by atoms with Crippen molar-refractivity contribution in [1.82, 2.24) is 10.6 Å². The molecule has 0 aromatic rings. The van der Waals surface area contributed by atoms with Crippen LogP contribution in [0.4, 0.5) is 0 Å². The Kier molecular flexibility index (Phi) is 5.27. The Labute approximate surface area is 98.2 Å². The highest BCUT2D eigenvalue weighted by molar-refractivity contribution is 8.15. The van der Waals surface area contributed by atoms with E-state index >= 15 is 0 Å². The van der Waals surface area contributed by atoms with E-state index in [0.717, 1.165) is 0 Å². The van der Waals surface area contributed by atoms with Crippen molar-refractivity contribution in [3.05, 3.63) is 0 Å². The molecule has 0 aliphatic carbocycles. The largest absolute Gasteiger partial charge is 0.383 e. The Morgan fingerprint density at radius 2 is 2.44 bits per heavy atom. The minimum atomic E-state index is -0.374. The summed E-state index contributed by atoms with van der Waals surface area (Å²) in [6, 6.07) is 0. The monoisotopic (exact) mass is 245 g/mol. The number of thioether (sulfide) groups is 1. The normalized spacial score (nSPS) is 22.2. The minimum absolute atomic E-state index is 0.147. The number of aliphatic imine (C=N–C) groups is 1. The van der Waals surface area contributed by atoms with E-state index in [1.807, 2.05) is 0 Å². The number of ether oxygens (including phenoxy) is 1. The summed E-state index contributed by atoms with van der Waals surface area (Å²) in [7, 11) is 3.14. The van der Waals surface area contributed by atoms with Crippen LogP contribution in [-0.4, -0.2) is 49.5 Å². The summed E-state index contributed by atoms with van der Waals surface area (Å²) < 4.78 is 4.84. The SMILES string of the molecule is CNC(=O)CC1SC(=NCCOC)NC1=O. The van der Waals surface area contributed by atoms with Gasteiger partial charge < -0.3 is 15.4 Å². The molecule has 1 fully saturated rings. The van der Waals surface area contributed by atoms with Crippen LogP contribution >= 0.6 is 11.8 Å². The van der Waals surface area contributed by atoms with E-state index in [-0.39, 0.29) is 23.5 Å². The molecular formula is C9H15N3O3S. The average Bonchev–Trinajstić information content (AvgIpc) is 2.60. The number of amidine groups is 1. The highest BCUT2D eigenvalue weighted by Gasteiger charge is 2.31. The molecular weight excluding hydrogens is 230 g/mol. The average molecular weight is 245 g/mol. The number of rotatable bonds is 5. The van der Waals surface area contributed by atoms with Crippen LogP contribution in [0.15, 0.2) is 4.99 Å². The first-order chi connectivity index (χ1) is 7.67. The number of nitrogens with zero attached hydrogens (tertiary/aromatic N) is 1. The maximum atomic E-state index is 11.4. The number of carbonyl (C=O) groups excluding carboxylic acids is 2. The summed E-state index contributed by atoms with van der Waals surface area (Å²) in [5.41, 5.74) is 0.